The molecule has 0 spiro atoms. The molecule has 0 saturated heterocycles. The van der Waals surface area contributed by atoms with Crippen LogP contribution in [0.15, 0.2) is 0 Å². The lowest BCUT2D eigenvalue weighted by atomic mass is 9.98. The Hall–Kier alpha value is -2.12. The van der Waals surface area contributed by atoms with Crippen LogP contribution in [0.5, 0.6) is 0 Å². The molecule has 0 radical (unpaired) electrons. The zero-order valence-corrected chi connectivity index (χ0v) is 14.6. The Morgan fingerprint density at radius 2 is 1.60 bits per heavy atom. The molecule has 0 heterocycles. The first-order chi connectivity index (χ1) is 12.0. The fourth-order valence-electron chi connectivity index (χ4n) is 3.56. The van der Waals surface area contributed by atoms with Crippen molar-refractivity contribution in [2.24, 2.45) is 5.92 Å². The maximum Gasteiger partial charge on any atom is 0.329 e. The summed E-state index contributed by atoms with van der Waals surface area (Å²) in [7, 11) is 0. The van der Waals surface area contributed by atoms with E-state index in [1.165, 1.54) is 6.92 Å². The number of nitrogens with one attached hydrogen (secondary N) is 3. The summed E-state index contributed by atoms with van der Waals surface area (Å²) in [5.41, 5.74) is 0. The summed E-state index contributed by atoms with van der Waals surface area (Å²) in [4.78, 5) is 47.0. The van der Waals surface area contributed by atoms with E-state index < -0.39 is 30.6 Å². The highest BCUT2D eigenvalue weighted by Crippen LogP contribution is 2.28. The molecule has 1 unspecified atom stereocenters. The number of hydrogen-bond donors (Lipinski definition) is 3. The molecule has 0 bridgehead atoms. The molecule has 2 saturated carbocycles. The van der Waals surface area contributed by atoms with Gasteiger partial charge in [-0.1, -0.05) is 25.7 Å². The fourth-order valence-corrected chi connectivity index (χ4v) is 3.56. The van der Waals surface area contributed by atoms with Gasteiger partial charge in [-0.15, -0.1) is 0 Å². The highest BCUT2D eigenvalue weighted by atomic mass is 16.5. The lowest BCUT2D eigenvalue weighted by molar-refractivity contribution is -0.152. The number of ether oxygens (including phenoxy) is 1. The van der Waals surface area contributed by atoms with Crippen molar-refractivity contribution < 1.29 is 23.9 Å². The Morgan fingerprint density at radius 1 is 1.00 bits per heavy atom. The number of imide groups is 1. The van der Waals surface area contributed by atoms with Gasteiger partial charge in [0.2, 0.25) is 5.91 Å². The van der Waals surface area contributed by atoms with Crippen LogP contribution in [0.4, 0.5) is 4.79 Å². The summed E-state index contributed by atoms with van der Waals surface area (Å²) in [6, 6.07) is -1.20. The lowest BCUT2D eigenvalue weighted by Crippen LogP contribution is -2.47. The minimum atomic E-state index is -0.736. The zero-order valence-electron chi connectivity index (χ0n) is 14.6. The van der Waals surface area contributed by atoms with E-state index in [4.69, 9.17) is 4.74 Å². The first-order valence-corrected chi connectivity index (χ1v) is 9.00. The van der Waals surface area contributed by atoms with E-state index in [2.05, 4.69) is 16.0 Å². The number of rotatable bonds is 6. The smallest absolute Gasteiger partial charge is 0.329 e. The Morgan fingerprint density at radius 3 is 2.20 bits per heavy atom. The second kappa shape index (κ2) is 9.39. The van der Waals surface area contributed by atoms with E-state index in [1.54, 1.807) is 0 Å². The van der Waals surface area contributed by atoms with Crippen LogP contribution in [0.1, 0.15) is 58.3 Å². The molecule has 25 heavy (non-hydrogen) atoms. The summed E-state index contributed by atoms with van der Waals surface area (Å²) in [5.74, 6) is -1.59. The maximum absolute atomic E-state index is 12.2. The van der Waals surface area contributed by atoms with E-state index in [9.17, 15) is 19.2 Å². The summed E-state index contributed by atoms with van der Waals surface area (Å²) in [6.07, 6.45) is 7.68. The number of hydrogen-bond acceptors (Lipinski definition) is 5. The third-order valence-electron chi connectivity index (χ3n) is 4.77. The molecule has 2 aliphatic carbocycles. The molecule has 8 heteroatoms. The SMILES string of the molecule is CC(=O)NC(C(=O)OCC(=O)NC(=O)NC1CCCC1)C1CCCC1. The third kappa shape index (κ3) is 6.36. The minimum absolute atomic E-state index is 0.0325. The van der Waals surface area contributed by atoms with Gasteiger partial charge in [-0.2, -0.15) is 0 Å². The quantitative estimate of drug-likeness (QED) is 0.616. The Labute approximate surface area is 147 Å². The van der Waals surface area contributed by atoms with E-state index in [-0.39, 0.29) is 17.9 Å². The van der Waals surface area contributed by atoms with E-state index in [0.717, 1.165) is 51.4 Å². The van der Waals surface area contributed by atoms with Crippen molar-refractivity contribution in [1.29, 1.82) is 0 Å². The van der Waals surface area contributed by atoms with Gasteiger partial charge in [0.25, 0.3) is 5.91 Å². The Kier molecular flexibility index (Phi) is 7.21. The molecule has 1 atom stereocenters. The van der Waals surface area contributed by atoms with Crippen LogP contribution in [0, 0.1) is 5.92 Å². The van der Waals surface area contributed by atoms with Crippen molar-refractivity contribution in [3.63, 3.8) is 0 Å². The molecule has 140 valence electrons. The summed E-state index contributed by atoms with van der Waals surface area (Å²) in [6.45, 7) is 0.801. The summed E-state index contributed by atoms with van der Waals surface area (Å²) < 4.78 is 5.00. The first kappa shape index (κ1) is 19.2. The van der Waals surface area contributed by atoms with Gasteiger partial charge >= 0.3 is 12.0 Å². The topological polar surface area (TPSA) is 114 Å². The second-order valence-electron chi connectivity index (χ2n) is 6.83. The van der Waals surface area contributed by atoms with E-state index in [0.29, 0.717) is 0 Å². The van der Waals surface area contributed by atoms with Gasteiger partial charge in [-0.3, -0.25) is 14.9 Å². The largest absolute Gasteiger partial charge is 0.454 e. The third-order valence-corrected chi connectivity index (χ3v) is 4.77. The number of carbonyl (C=O) groups excluding carboxylic acids is 4. The zero-order chi connectivity index (χ0) is 18.2. The predicted molar refractivity (Wildman–Crippen MR) is 89.5 cm³/mol. The van der Waals surface area contributed by atoms with Gasteiger partial charge in [0, 0.05) is 13.0 Å². The van der Waals surface area contributed by atoms with E-state index in [1.807, 2.05) is 0 Å². The van der Waals surface area contributed by atoms with Gasteiger partial charge in [0.1, 0.15) is 6.04 Å². The second-order valence-corrected chi connectivity index (χ2v) is 6.83. The number of urea groups is 1. The predicted octanol–water partition coefficient (Wildman–Crippen LogP) is 0.993. The van der Waals surface area contributed by atoms with Crippen LogP contribution in [0.3, 0.4) is 0 Å². The van der Waals surface area contributed by atoms with Crippen LogP contribution >= 0.6 is 0 Å². The van der Waals surface area contributed by atoms with Crippen molar-refractivity contribution in [3.05, 3.63) is 0 Å². The molecular weight excluding hydrogens is 326 g/mol. The van der Waals surface area contributed by atoms with Gasteiger partial charge < -0.3 is 15.4 Å². The molecule has 2 aliphatic rings. The number of carbonyl (C=O) groups is 4. The number of esters is 1. The summed E-state index contributed by atoms with van der Waals surface area (Å²) in [5, 5.41) is 7.49. The average molecular weight is 353 g/mol. The standard InChI is InChI=1S/C17H27N3O5/c1-11(21)18-15(12-6-2-3-7-12)16(23)25-10-14(22)20-17(24)19-13-8-4-5-9-13/h12-13,15H,2-10H2,1H3,(H,18,21)(H2,19,20,22,24). The molecule has 3 N–H and O–H groups in total. The lowest BCUT2D eigenvalue weighted by Gasteiger charge is -2.22. The van der Waals surface area contributed by atoms with Gasteiger partial charge in [-0.25, -0.2) is 9.59 Å². The van der Waals surface area contributed by atoms with Gasteiger partial charge in [-0.05, 0) is 31.6 Å². The number of amides is 4. The molecule has 2 rings (SSSR count). The molecule has 4 amide bonds. The molecule has 2 fully saturated rings. The Balaban J connectivity index is 1.74. The van der Waals surface area contributed by atoms with Crippen LogP contribution in [0.25, 0.3) is 0 Å². The average Bonchev–Trinajstić information content (AvgIpc) is 3.23. The van der Waals surface area contributed by atoms with Gasteiger partial charge in [0.05, 0.1) is 0 Å². The van der Waals surface area contributed by atoms with E-state index >= 15 is 0 Å². The highest BCUT2D eigenvalue weighted by molar-refractivity contribution is 5.96. The highest BCUT2D eigenvalue weighted by Gasteiger charge is 2.33. The molecule has 0 aliphatic heterocycles. The normalized spacial score (nSPS) is 19.2. The van der Waals surface area contributed by atoms with Crippen molar-refractivity contribution in [2.75, 3.05) is 6.61 Å². The fraction of sp³-hybridized carbons (Fsp3) is 0.765. The van der Waals surface area contributed by atoms with Crippen molar-refractivity contribution >= 4 is 23.8 Å². The van der Waals surface area contributed by atoms with Crippen LogP contribution < -0.4 is 16.0 Å². The maximum atomic E-state index is 12.2. The van der Waals surface area contributed by atoms with Gasteiger partial charge in [0.15, 0.2) is 6.61 Å². The molecule has 0 aromatic carbocycles. The monoisotopic (exact) mass is 353 g/mol. The first-order valence-electron chi connectivity index (χ1n) is 9.00. The molecular formula is C17H27N3O5. The molecule has 0 aromatic heterocycles. The summed E-state index contributed by atoms with van der Waals surface area (Å²) >= 11 is 0. The van der Waals surface area contributed by atoms with Crippen LogP contribution in [-0.2, 0) is 19.1 Å². The molecule has 0 aromatic rings. The van der Waals surface area contributed by atoms with Crippen LogP contribution in [0.2, 0.25) is 0 Å². The minimum Gasteiger partial charge on any atom is -0.454 e. The molecule has 8 nitrogen and oxygen atoms in total. The van der Waals surface area contributed by atoms with Crippen molar-refractivity contribution in [3.8, 4) is 0 Å². The van der Waals surface area contributed by atoms with Crippen molar-refractivity contribution in [1.82, 2.24) is 16.0 Å². The Bertz CT molecular complexity index is 510. The van der Waals surface area contributed by atoms with Crippen LogP contribution in [-0.4, -0.2) is 42.5 Å². The van der Waals surface area contributed by atoms with Crippen molar-refractivity contribution in [2.45, 2.75) is 70.4 Å².